The van der Waals surface area contributed by atoms with Gasteiger partial charge >= 0.3 is 0 Å². The van der Waals surface area contributed by atoms with Crippen molar-refractivity contribution < 1.29 is 9.85 Å². The van der Waals surface area contributed by atoms with Gasteiger partial charge in [0.1, 0.15) is 11.6 Å². The summed E-state index contributed by atoms with van der Waals surface area (Å²) >= 11 is 2.39. The average molecular weight is 597 g/mol. The number of nitrogens with zero attached hydrogens (tertiary/aromatic N) is 4. The predicted octanol–water partition coefficient (Wildman–Crippen LogP) is 3.96. The lowest BCUT2D eigenvalue weighted by atomic mass is 9.91. The van der Waals surface area contributed by atoms with E-state index in [1.807, 2.05) is 0 Å². The maximum atomic E-state index is 13.1. The molecule has 0 unspecified atom stereocenters. The number of rotatable bonds is 11. The highest BCUT2D eigenvalue weighted by Crippen LogP contribution is 2.31. The third-order valence-corrected chi connectivity index (χ3v) is 7.97. The number of nitro benzene ring substituents is 2. The SMILES string of the molecule is CCC(c1c(N)nc(SCc2ccc([N+](=O)[O-])cc2)[nH]c1=O)c1c(N)nc(SCc2ccc([N+](=O)[O-])cc2)[nH]c1=O. The van der Waals surface area contributed by atoms with Gasteiger partial charge in [-0.2, -0.15) is 0 Å². The van der Waals surface area contributed by atoms with Crippen LogP contribution in [0.15, 0.2) is 68.4 Å². The van der Waals surface area contributed by atoms with Crippen LogP contribution >= 0.6 is 23.5 Å². The van der Waals surface area contributed by atoms with Crippen LogP contribution in [0.3, 0.4) is 0 Å². The summed E-state index contributed by atoms with van der Waals surface area (Å²) in [7, 11) is 0. The second kappa shape index (κ2) is 12.6. The zero-order valence-corrected chi connectivity index (χ0v) is 23.2. The molecule has 0 spiro atoms. The van der Waals surface area contributed by atoms with Gasteiger partial charge in [0, 0.05) is 41.7 Å². The largest absolute Gasteiger partial charge is 0.383 e. The van der Waals surface area contributed by atoms with Gasteiger partial charge in [0.25, 0.3) is 22.5 Å². The molecule has 14 nitrogen and oxygen atoms in total. The van der Waals surface area contributed by atoms with Gasteiger partial charge in [-0.15, -0.1) is 0 Å². The van der Waals surface area contributed by atoms with Crippen LogP contribution in [-0.2, 0) is 11.5 Å². The molecule has 0 fully saturated rings. The number of nitrogens with two attached hydrogens (primary N) is 2. The van der Waals surface area contributed by atoms with Crippen molar-refractivity contribution in [2.24, 2.45) is 0 Å². The number of aromatic amines is 2. The minimum atomic E-state index is -0.773. The van der Waals surface area contributed by atoms with E-state index in [1.165, 1.54) is 47.8 Å². The van der Waals surface area contributed by atoms with Gasteiger partial charge in [0.2, 0.25) is 0 Å². The first kappa shape index (κ1) is 29.3. The lowest BCUT2D eigenvalue weighted by molar-refractivity contribution is -0.385. The zero-order valence-electron chi connectivity index (χ0n) is 21.5. The maximum Gasteiger partial charge on any atom is 0.269 e. The topological polar surface area (TPSA) is 230 Å². The quantitative estimate of drug-likeness (QED) is 0.0834. The fourth-order valence-electron chi connectivity index (χ4n) is 4.05. The molecule has 2 aromatic heterocycles. The summed E-state index contributed by atoms with van der Waals surface area (Å²) < 4.78 is 0. The molecule has 0 aliphatic carbocycles. The normalized spacial score (nSPS) is 11.1. The maximum absolute atomic E-state index is 13.1. The number of hydrogen-bond donors (Lipinski definition) is 4. The van der Waals surface area contributed by atoms with E-state index in [1.54, 1.807) is 31.2 Å². The molecular weight excluding hydrogens is 572 g/mol. The number of nitro groups is 2. The first-order valence-corrected chi connectivity index (χ1v) is 14.1. The third kappa shape index (κ3) is 6.90. The summed E-state index contributed by atoms with van der Waals surface area (Å²) in [6, 6.07) is 12.0. The minimum absolute atomic E-state index is 0.0237. The van der Waals surface area contributed by atoms with Crippen LogP contribution in [-0.4, -0.2) is 29.8 Å². The summed E-state index contributed by atoms with van der Waals surface area (Å²) in [5.41, 5.74) is 13.1. The second-order valence-corrected chi connectivity index (χ2v) is 10.7. The Morgan fingerprint density at radius 1 is 0.756 bits per heavy atom. The molecule has 4 aromatic rings. The molecule has 0 saturated heterocycles. The summed E-state index contributed by atoms with van der Waals surface area (Å²) in [6.07, 6.45) is 0.314. The van der Waals surface area contributed by atoms with Gasteiger partial charge in [-0.05, 0) is 17.5 Å². The molecule has 0 atom stereocenters. The number of non-ortho nitro benzene ring substituents is 2. The van der Waals surface area contributed by atoms with Gasteiger partial charge in [0.05, 0.1) is 21.0 Å². The smallest absolute Gasteiger partial charge is 0.269 e. The minimum Gasteiger partial charge on any atom is -0.383 e. The number of H-pyrrole nitrogens is 2. The molecule has 0 bridgehead atoms. The molecule has 0 amide bonds. The van der Waals surface area contributed by atoms with Crippen LogP contribution in [0.1, 0.15) is 41.5 Å². The van der Waals surface area contributed by atoms with Gasteiger partial charge in [0.15, 0.2) is 10.3 Å². The van der Waals surface area contributed by atoms with Crippen LogP contribution in [0.4, 0.5) is 23.0 Å². The third-order valence-electron chi connectivity index (χ3n) is 6.08. The molecule has 4 rings (SSSR count). The molecule has 2 aromatic carbocycles. The Balaban J connectivity index is 1.51. The fraction of sp³-hybridized carbons (Fsp3) is 0.200. The van der Waals surface area contributed by atoms with Crippen molar-refractivity contribution in [3.63, 3.8) is 0 Å². The van der Waals surface area contributed by atoms with Gasteiger partial charge in [-0.3, -0.25) is 29.8 Å². The van der Waals surface area contributed by atoms with Crippen molar-refractivity contribution in [3.8, 4) is 0 Å². The first-order valence-electron chi connectivity index (χ1n) is 12.1. The van der Waals surface area contributed by atoms with Crippen molar-refractivity contribution in [1.29, 1.82) is 0 Å². The zero-order chi connectivity index (χ0) is 29.7. The van der Waals surface area contributed by atoms with E-state index in [-0.39, 0.29) is 44.5 Å². The lowest BCUT2D eigenvalue weighted by Crippen LogP contribution is -2.27. The Kier molecular flexibility index (Phi) is 9.04. The van der Waals surface area contributed by atoms with Crippen molar-refractivity contribution in [2.75, 3.05) is 11.5 Å². The molecular formula is C25H24N8O6S2. The number of nitrogen functional groups attached to an aromatic ring is 2. The van der Waals surface area contributed by atoms with E-state index in [0.717, 1.165) is 11.1 Å². The average Bonchev–Trinajstić information content (AvgIpc) is 2.93. The Morgan fingerprint density at radius 2 is 1.12 bits per heavy atom. The monoisotopic (exact) mass is 596 g/mol. The van der Waals surface area contributed by atoms with E-state index >= 15 is 0 Å². The summed E-state index contributed by atoms with van der Waals surface area (Å²) in [6.45, 7) is 1.77. The highest BCUT2D eigenvalue weighted by atomic mass is 32.2. The molecule has 212 valence electrons. The molecule has 2 heterocycles. The molecule has 16 heteroatoms. The molecule has 41 heavy (non-hydrogen) atoms. The Morgan fingerprint density at radius 3 is 1.41 bits per heavy atom. The number of aromatic nitrogens is 4. The van der Waals surface area contributed by atoms with Crippen LogP contribution < -0.4 is 22.6 Å². The van der Waals surface area contributed by atoms with Crippen LogP contribution in [0, 0.1) is 20.2 Å². The summed E-state index contributed by atoms with van der Waals surface area (Å²) in [5, 5.41) is 22.2. The molecule has 0 saturated carbocycles. The van der Waals surface area contributed by atoms with Crippen LogP contribution in [0.25, 0.3) is 0 Å². The Bertz CT molecular complexity index is 1580. The van der Waals surface area contributed by atoms with E-state index in [0.29, 0.717) is 17.9 Å². The van der Waals surface area contributed by atoms with Gasteiger partial charge in [-0.1, -0.05) is 54.7 Å². The predicted molar refractivity (Wildman–Crippen MR) is 156 cm³/mol. The lowest BCUT2D eigenvalue weighted by Gasteiger charge is -2.18. The van der Waals surface area contributed by atoms with Crippen LogP contribution in [0.5, 0.6) is 0 Å². The Hall–Kier alpha value is -4.70. The summed E-state index contributed by atoms with van der Waals surface area (Å²) in [5.74, 6) is -0.117. The van der Waals surface area contributed by atoms with Gasteiger partial charge in [-0.25, -0.2) is 9.97 Å². The Labute approximate surface area is 240 Å². The second-order valence-electron chi connectivity index (χ2n) is 8.73. The van der Waals surface area contributed by atoms with E-state index in [4.69, 9.17) is 11.5 Å². The number of anilines is 2. The number of thioether (sulfide) groups is 2. The standard InChI is InChI=1S/C25H24N8O6S2/c1-2-17(18-20(26)28-24(30-22(18)34)40-11-13-3-7-15(8-4-13)32(36)37)19-21(27)29-25(31-23(19)35)41-12-14-5-9-16(10-6-14)33(38)39/h3-10,17H,2,11-12H2,1H3,(H3,26,28,30,34)(H3,27,29,31,35). The highest BCUT2D eigenvalue weighted by molar-refractivity contribution is 7.98. The van der Waals surface area contributed by atoms with E-state index in [9.17, 15) is 29.8 Å². The van der Waals surface area contributed by atoms with E-state index < -0.39 is 26.9 Å². The van der Waals surface area contributed by atoms with Crippen LogP contribution in [0.2, 0.25) is 0 Å². The first-order chi connectivity index (χ1) is 19.6. The molecule has 6 N–H and O–H groups in total. The molecule has 0 aliphatic rings. The van der Waals surface area contributed by atoms with Crippen molar-refractivity contribution >= 4 is 46.5 Å². The molecule has 0 radical (unpaired) electrons. The summed E-state index contributed by atoms with van der Waals surface area (Å²) in [4.78, 5) is 60.9. The van der Waals surface area contributed by atoms with E-state index in [2.05, 4.69) is 19.9 Å². The number of nitrogens with one attached hydrogen (secondary N) is 2. The van der Waals surface area contributed by atoms with Crippen molar-refractivity contribution in [1.82, 2.24) is 19.9 Å². The number of hydrogen-bond acceptors (Lipinski definition) is 12. The number of benzene rings is 2. The van der Waals surface area contributed by atoms with Gasteiger partial charge < -0.3 is 21.4 Å². The van der Waals surface area contributed by atoms with Crippen molar-refractivity contribution in [3.05, 3.63) is 112 Å². The fourth-order valence-corrected chi connectivity index (χ4v) is 5.70. The van der Waals surface area contributed by atoms with Crippen molar-refractivity contribution in [2.45, 2.75) is 41.1 Å². The highest BCUT2D eigenvalue weighted by Gasteiger charge is 2.26. The molecule has 0 aliphatic heterocycles.